The molecule has 4 rings (SSSR count). The summed E-state index contributed by atoms with van der Waals surface area (Å²) >= 11 is 0. The molecular formula is C28H30N4O3. The minimum atomic E-state index is -0.152. The van der Waals surface area contributed by atoms with Crippen LogP contribution in [0.15, 0.2) is 42.5 Å². The largest absolute Gasteiger partial charge is 0.497 e. The fourth-order valence-corrected chi connectivity index (χ4v) is 4.41. The van der Waals surface area contributed by atoms with E-state index in [1.165, 1.54) is 0 Å². The van der Waals surface area contributed by atoms with E-state index in [1.54, 1.807) is 14.2 Å². The lowest BCUT2D eigenvalue weighted by Gasteiger charge is -2.18. The SMILES string of the molecule is COc1ccc(COc2ccc(C)c(-n3c(N)c(C#N)c4cc(C(C)OC)c(C)nc43)c2C)cc1. The number of nitrogens with two attached hydrogens (primary N) is 1. The van der Waals surface area contributed by atoms with Crippen LogP contribution in [0.2, 0.25) is 0 Å². The molecule has 2 aromatic carbocycles. The molecule has 0 aliphatic heterocycles. The van der Waals surface area contributed by atoms with Crippen molar-refractivity contribution in [3.63, 3.8) is 0 Å². The number of nitrogens with zero attached hydrogens (tertiary/aromatic N) is 3. The van der Waals surface area contributed by atoms with E-state index in [2.05, 4.69) is 6.07 Å². The Labute approximate surface area is 205 Å². The molecule has 2 heterocycles. The Morgan fingerprint density at radius 1 is 1.09 bits per heavy atom. The van der Waals surface area contributed by atoms with Crippen LogP contribution in [0.1, 0.15) is 46.5 Å². The van der Waals surface area contributed by atoms with Crippen molar-refractivity contribution >= 4 is 16.9 Å². The first kappa shape index (κ1) is 24.1. The van der Waals surface area contributed by atoms with Gasteiger partial charge in [0.2, 0.25) is 0 Å². The number of aryl methyl sites for hydroxylation is 2. The van der Waals surface area contributed by atoms with E-state index in [4.69, 9.17) is 24.9 Å². The summed E-state index contributed by atoms with van der Waals surface area (Å²) in [5, 5.41) is 10.6. The molecule has 0 saturated heterocycles. The van der Waals surface area contributed by atoms with E-state index in [0.29, 0.717) is 29.0 Å². The number of nitriles is 1. The van der Waals surface area contributed by atoms with Crippen molar-refractivity contribution in [2.75, 3.05) is 20.0 Å². The molecule has 1 unspecified atom stereocenters. The predicted octanol–water partition coefficient (Wildman–Crippen LogP) is 5.70. The molecule has 0 saturated carbocycles. The van der Waals surface area contributed by atoms with Crippen LogP contribution in [0.4, 0.5) is 5.82 Å². The van der Waals surface area contributed by atoms with Gasteiger partial charge in [0.1, 0.15) is 41.2 Å². The number of hydrogen-bond donors (Lipinski definition) is 1. The Balaban J connectivity index is 1.82. The van der Waals surface area contributed by atoms with Crippen LogP contribution in [-0.4, -0.2) is 23.8 Å². The van der Waals surface area contributed by atoms with Crippen molar-refractivity contribution in [3.8, 4) is 23.3 Å². The second kappa shape index (κ2) is 9.69. The third kappa shape index (κ3) is 4.29. The summed E-state index contributed by atoms with van der Waals surface area (Å²) in [5.74, 6) is 1.90. The van der Waals surface area contributed by atoms with Crippen molar-refractivity contribution in [2.45, 2.75) is 40.4 Å². The van der Waals surface area contributed by atoms with Crippen LogP contribution < -0.4 is 15.2 Å². The first-order valence-corrected chi connectivity index (χ1v) is 11.4. The second-order valence-electron chi connectivity index (χ2n) is 8.61. The van der Waals surface area contributed by atoms with Crippen LogP contribution in [-0.2, 0) is 11.3 Å². The third-order valence-electron chi connectivity index (χ3n) is 6.47. The average Bonchev–Trinajstić information content (AvgIpc) is 3.12. The molecule has 7 nitrogen and oxygen atoms in total. The average molecular weight is 471 g/mol. The van der Waals surface area contributed by atoms with Gasteiger partial charge in [-0.05, 0) is 63.1 Å². The molecule has 0 aliphatic rings. The van der Waals surface area contributed by atoms with Gasteiger partial charge in [-0.3, -0.25) is 4.57 Å². The van der Waals surface area contributed by atoms with E-state index in [1.807, 2.05) is 74.7 Å². The van der Waals surface area contributed by atoms with Gasteiger partial charge >= 0.3 is 0 Å². The smallest absolute Gasteiger partial charge is 0.147 e. The zero-order valence-electron chi connectivity index (χ0n) is 21.0. The number of methoxy groups -OCH3 is 2. The Kier molecular flexibility index (Phi) is 6.68. The van der Waals surface area contributed by atoms with Crippen molar-refractivity contribution in [1.82, 2.24) is 9.55 Å². The quantitative estimate of drug-likeness (QED) is 0.372. The lowest BCUT2D eigenvalue weighted by atomic mass is 10.1. The molecule has 0 aliphatic carbocycles. The number of anilines is 1. The third-order valence-corrected chi connectivity index (χ3v) is 6.47. The second-order valence-corrected chi connectivity index (χ2v) is 8.61. The molecule has 2 aromatic heterocycles. The highest BCUT2D eigenvalue weighted by atomic mass is 16.5. The number of nitrogen functional groups attached to an aromatic ring is 1. The van der Waals surface area contributed by atoms with E-state index < -0.39 is 0 Å². The molecule has 35 heavy (non-hydrogen) atoms. The maximum atomic E-state index is 9.94. The fraction of sp³-hybridized carbons (Fsp3) is 0.286. The zero-order chi connectivity index (χ0) is 25.3. The van der Waals surface area contributed by atoms with Crippen LogP contribution in [0.25, 0.3) is 16.7 Å². The van der Waals surface area contributed by atoms with Gasteiger partial charge in [0.15, 0.2) is 0 Å². The summed E-state index contributed by atoms with van der Waals surface area (Å²) in [4.78, 5) is 4.87. The highest BCUT2D eigenvalue weighted by Gasteiger charge is 2.23. The number of aromatic nitrogens is 2. The fourth-order valence-electron chi connectivity index (χ4n) is 4.41. The molecule has 7 heteroatoms. The van der Waals surface area contributed by atoms with Gasteiger partial charge in [-0.2, -0.15) is 5.26 Å². The van der Waals surface area contributed by atoms with E-state index in [9.17, 15) is 5.26 Å². The highest BCUT2D eigenvalue weighted by molar-refractivity contribution is 5.92. The van der Waals surface area contributed by atoms with Crippen molar-refractivity contribution < 1.29 is 14.2 Å². The summed E-state index contributed by atoms with van der Waals surface area (Å²) < 4.78 is 18.8. The van der Waals surface area contributed by atoms with E-state index in [0.717, 1.165) is 45.1 Å². The number of ether oxygens (including phenoxy) is 3. The molecule has 180 valence electrons. The Bertz CT molecular complexity index is 1430. The van der Waals surface area contributed by atoms with E-state index in [-0.39, 0.29) is 6.10 Å². The zero-order valence-corrected chi connectivity index (χ0v) is 21.0. The first-order valence-electron chi connectivity index (χ1n) is 11.4. The van der Waals surface area contributed by atoms with Crippen LogP contribution in [0, 0.1) is 32.1 Å². The molecule has 0 spiro atoms. The standard InChI is InChI=1S/C28H30N4O3/c1-16-7-12-25(35-15-20-8-10-21(34-6)11-9-20)17(2)26(16)32-27(30)24(14-29)23-13-22(19(4)33-5)18(3)31-28(23)32/h7-13,19H,15,30H2,1-6H3. The van der Waals surface area contributed by atoms with Crippen LogP contribution >= 0.6 is 0 Å². The van der Waals surface area contributed by atoms with Gasteiger partial charge in [0.25, 0.3) is 0 Å². The number of hydrogen-bond acceptors (Lipinski definition) is 6. The summed E-state index contributed by atoms with van der Waals surface area (Å²) in [6.45, 7) is 8.32. The molecule has 0 bridgehead atoms. The van der Waals surface area contributed by atoms with Crippen molar-refractivity contribution in [3.05, 3.63) is 76.0 Å². The lowest BCUT2D eigenvalue weighted by molar-refractivity contribution is 0.119. The molecule has 0 fully saturated rings. The van der Waals surface area contributed by atoms with Gasteiger partial charge in [-0.1, -0.05) is 18.2 Å². The van der Waals surface area contributed by atoms with Gasteiger partial charge < -0.3 is 19.9 Å². The molecule has 2 N–H and O–H groups in total. The van der Waals surface area contributed by atoms with Crippen LogP contribution in [0.5, 0.6) is 11.5 Å². The topological polar surface area (TPSA) is 95.3 Å². The number of rotatable bonds is 7. The summed E-state index contributed by atoms with van der Waals surface area (Å²) in [5.41, 5.74) is 13.2. The maximum absolute atomic E-state index is 9.94. The number of benzene rings is 2. The Morgan fingerprint density at radius 3 is 2.43 bits per heavy atom. The van der Waals surface area contributed by atoms with Gasteiger partial charge in [0.05, 0.1) is 18.9 Å². The number of fused-ring (bicyclic) bond motifs is 1. The van der Waals surface area contributed by atoms with E-state index >= 15 is 0 Å². The van der Waals surface area contributed by atoms with Gasteiger partial charge in [0, 0.05) is 29.3 Å². The minimum Gasteiger partial charge on any atom is -0.497 e. The minimum absolute atomic E-state index is 0.152. The van der Waals surface area contributed by atoms with Gasteiger partial charge in [-0.25, -0.2) is 4.98 Å². The monoisotopic (exact) mass is 470 g/mol. The number of pyridine rings is 1. The maximum Gasteiger partial charge on any atom is 0.147 e. The lowest BCUT2D eigenvalue weighted by Crippen LogP contribution is -2.08. The Morgan fingerprint density at radius 2 is 1.80 bits per heavy atom. The Hall–Kier alpha value is -4.02. The molecular weight excluding hydrogens is 440 g/mol. The summed E-state index contributed by atoms with van der Waals surface area (Å²) in [6.07, 6.45) is -0.152. The molecule has 0 radical (unpaired) electrons. The predicted molar refractivity (Wildman–Crippen MR) is 137 cm³/mol. The molecule has 0 amide bonds. The van der Waals surface area contributed by atoms with Gasteiger partial charge in [-0.15, -0.1) is 0 Å². The highest BCUT2D eigenvalue weighted by Crippen LogP contribution is 2.37. The first-order chi connectivity index (χ1) is 16.8. The van der Waals surface area contributed by atoms with Crippen LogP contribution in [0.3, 0.4) is 0 Å². The summed E-state index contributed by atoms with van der Waals surface area (Å²) in [7, 11) is 3.30. The van der Waals surface area contributed by atoms with Crippen molar-refractivity contribution in [2.24, 2.45) is 0 Å². The molecule has 1 atom stereocenters. The van der Waals surface area contributed by atoms with Crippen molar-refractivity contribution in [1.29, 1.82) is 5.26 Å². The molecule has 4 aromatic rings. The summed E-state index contributed by atoms with van der Waals surface area (Å²) in [6, 6.07) is 16.0. The normalized spacial score (nSPS) is 11.9.